The Bertz CT molecular complexity index is 83.8. The summed E-state index contributed by atoms with van der Waals surface area (Å²) in [5.41, 5.74) is 0. The van der Waals surface area contributed by atoms with Crippen LogP contribution in [0.1, 0.15) is 12.8 Å². The molecule has 1 unspecified atom stereocenters. The molecule has 2 N–H and O–H groups in total. The predicted molar refractivity (Wildman–Crippen MR) is 34.3 cm³/mol. The molecule has 0 spiro atoms. The SMILES string of the molecule is O=COCCC(O)CCO. The zero-order valence-electron chi connectivity index (χ0n) is 5.69. The highest BCUT2D eigenvalue weighted by atomic mass is 16.5. The van der Waals surface area contributed by atoms with Gasteiger partial charge < -0.3 is 14.9 Å². The maximum Gasteiger partial charge on any atom is 0.293 e. The van der Waals surface area contributed by atoms with Crippen molar-refractivity contribution in [2.45, 2.75) is 18.9 Å². The molecule has 0 heterocycles. The average Bonchev–Trinajstić information content (AvgIpc) is 1.89. The molecule has 0 aliphatic rings. The third-order valence-electron chi connectivity index (χ3n) is 1.10. The molecule has 0 aliphatic carbocycles. The van der Waals surface area contributed by atoms with E-state index >= 15 is 0 Å². The third-order valence-corrected chi connectivity index (χ3v) is 1.10. The van der Waals surface area contributed by atoms with Crippen LogP contribution in [0, 0.1) is 0 Å². The first kappa shape index (κ1) is 9.39. The molecular formula is C6H12O4. The van der Waals surface area contributed by atoms with Gasteiger partial charge in [-0.25, -0.2) is 0 Å². The molecule has 0 bridgehead atoms. The van der Waals surface area contributed by atoms with Crippen LogP contribution in [0.3, 0.4) is 0 Å². The quantitative estimate of drug-likeness (QED) is 0.386. The number of ether oxygens (including phenoxy) is 1. The van der Waals surface area contributed by atoms with Gasteiger partial charge in [-0.3, -0.25) is 4.79 Å². The van der Waals surface area contributed by atoms with Gasteiger partial charge in [-0.2, -0.15) is 0 Å². The summed E-state index contributed by atoms with van der Waals surface area (Å²) >= 11 is 0. The minimum absolute atomic E-state index is 0.0394. The molecule has 1 atom stereocenters. The lowest BCUT2D eigenvalue weighted by atomic mass is 10.2. The molecule has 0 aromatic rings. The fraction of sp³-hybridized carbons (Fsp3) is 0.833. The minimum Gasteiger partial charge on any atom is -0.468 e. The van der Waals surface area contributed by atoms with Gasteiger partial charge >= 0.3 is 0 Å². The maximum atomic E-state index is 9.59. The molecular weight excluding hydrogens is 136 g/mol. The van der Waals surface area contributed by atoms with Crippen molar-refractivity contribution >= 4 is 6.47 Å². The molecule has 4 nitrogen and oxygen atoms in total. The molecule has 0 saturated heterocycles. The van der Waals surface area contributed by atoms with E-state index in [-0.39, 0.29) is 13.2 Å². The Morgan fingerprint density at radius 2 is 2.20 bits per heavy atom. The first-order chi connectivity index (χ1) is 4.81. The summed E-state index contributed by atoms with van der Waals surface area (Å²) in [4.78, 5) is 9.59. The fourth-order valence-electron chi connectivity index (χ4n) is 0.546. The Labute approximate surface area is 59.4 Å². The second kappa shape index (κ2) is 6.51. The van der Waals surface area contributed by atoms with Crippen LogP contribution in [0.25, 0.3) is 0 Å². The molecule has 60 valence electrons. The number of hydrogen-bond donors (Lipinski definition) is 2. The van der Waals surface area contributed by atoms with Gasteiger partial charge in [0.2, 0.25) is 0 Å². The number of aliphatic hydroxyl groups is 2. The van der Waals surface area contributed by atoms with Crippen LogP contribution >= 0.6 is 0 Å². The summed E-state index contributed by atoms with van der Waals surface area (Å²) < 4.78 is 4.33. The zero-order chi connectivity index (χ0) is 7.82. The number of carbonyl (C=O) groups excluding carboxylic acids is 1. The lowest BCUT2D eigenvalue weighted by molar-refractivity contribution is -0.129. The number of carbonyl (C=O) groups is 1. The van der Waals surface area contributed by atoms with Gasteiger partial charge in [0.15, 0.2) is 0 Å². The van der Waals surface area contributed by atoms with Gasteiger partial charge in [0, 0.05) is 13.0 Å². The van der Waals surface area contributed by atoms with Gasteiger partial charge in [-0.05, 0) is 6.42 Å². The lowest BCUT2D eigenvalue weighted by Gasteiger charge is -2.06. The highest BCUT2D eigenvalue weighted by Crippen LogP contribution is 1.95. The second-order valence-electron chi connectivity index (χ2n) is 1.92. The molecule has 0 amide bonds. The lowest BCUT2D eigenvalue weighted by Crippen LogP contribution is -2.11. The van der Waals surface area contributed by atoms with Gasteiger partial charge in [0.1, 0.15) is 0 Å². The van der Waals surface area contributed by atoms with E-state index in [0.717, 1.165) is 0 Å². The van der Waals surface area contributed by atoms with Crippen LogP contribution in [0.15, 0.2) is 0 Å². The van der Waals surface area contributed by atoms with Crippen molar-refractivity contribution in [2.75, 3.05) is 13.2 Å². The fourth-order valence-corrected chi connectivity index (χ4v) is 0.546. The van der Waals surface area contributed by atoms with Gasteiger partial charge in [-0.15, -0.1) is 0 Å². The molecule has 0 radical (unpaired) electrons. The molecule has 0 saturated carbocycles. The van der Waals surface area contributed by atoms with E-state index in [2.05, 4.69) is 4.74 Å². The van der Waals surface area contributed by atoms with Crippen LogP contribution in [-0.4, -0.2) is 36.0 Å². The largest absolute Gasteiger partial charge is 0.468 e. The van der Waals surface area contributed by atoms with Crippen molar-refractivity contribution in [1.29, 1.82) is 0 Å². The number of aliphatic hydroxyl groups excluding tert-OH is 2. The van der Waals surface area contributed by atoms with E-state index in [4.69, 9.17) is 10.2 Å². The molecule has 0 aromatic carbocycles. The minimum atomic E-state index is -0.565. The summed E-state index contributed by atoms with van der Waals surface area (Å²) in [6.45, 7) is 0.512. The van der Waals surface area contributed by atoms with E-state index in [9.17, 15) is 4.79 Å². The maximum absolute atomic E-state index is 9.59. The van der Waals surface area contributed by atoms with E-state index in [1.165, 1.54) is 0 Å². The van der Waals surface area contributed by atoms with Crippen molar-refractivity contribution in [3.8, 4) is 0 Å². The summed E-state index contributed by atoms with van der Waals surface area (Å²) in [7, 11) is 0. The highest BCUT2D eigenvalue weighted by molar-refractivity contribution is 5.36. The summed E-state index contributed by atoms with van der Waals surface area (Å²) in [5.74, 6) is 0. The van der Waals surface area contributed by atoms with E-state index < -0.39 is 6.10 Å². The summed E-state index contributed by atoms with van der Waals surface area (Å²) in [6, 6.07) is 0. The van der Waals surface area contributed by atoms with E-state index in [0.29, 0.717) is 19.3 Å². The van der Waals surface area contributed by atoms with Crippen LogP contribution in [0.4, 0.5) is 0 Å². The standard InChI is InChI=1S/C6H12O4/c7-3-1-6(9)2-4-10-5-8/h5-7,9H,1-4H2. The first-order valence-corrected chi connectivity index (χ1v) is 3.15. The third kappa shape index (κ3) is 5.53. The number of hydrogen-bond acceptors (Lipinski definition) is 4. The van der Waals surface area contributed by atoms with E-state index in [1.54, 1.807) is 0 Å². The molecule has 0 fully saturated rings. The average molecular weight is 148 g/mol. The van der Waals surface area contributed by atoms with Crippen LogP contribution in [0.5, 0.6) is 0 Å². The van der Waals surface area contributed by atoms with Crippen molar-refractivity contribution < 1.29 is 19.7 Å². The normalized spacial score (nSPS) is 12.6. The van der Waals surface area contributed by atoms with Crippen LogP contribution < -0.4 is 0 Å². The van der Waals surface area contributed by atoms with E-state index in [1.807, 2.05) is 0 Å². The Balaban J connectivity index is 3.04. The molecule has 0 rings (SSSR count). The van der Waals surface area contributed by atoms with Crippen molar-refractivity contribution in [1.82, 2.24) is 0 Å². The Hall–Kier alpha value is -0.610. The van der Waals surface area contributed by atoms with Gasteiger partial charge in [-0.1, -0.05) is 0 Å². The van der Waals surface area contributed by atoms with Gasteiger partial charge in [0.25, 0.3) is 6.47 Å². The topological polar surface area (TPSA) is 66.8 Å². The molecule has 10 heavy (non-hydrogen) atoms. The van der Waals surface area contributed by atoms with Crippen LogP contribution in [-0.2, 0) is 9.53 Å². The molecule has 4 heteroatoms. The van der Waals surface area contributed by atoms with Crippen molar-refractivity contribution in [2.24, 2.45) is 0 Å². The smallest absolute Gasteiger partial charge is 0.293 e. The number of rotatable bonds is 6. The molecule has 0 aromatic heterocycles. The highest BCUT2D eigenvalue weighted by Gasteiger charge is 2.01. The van der Waals surface area contributed by atoms with Gasteiger partial charge in [0.05, 0.1) is 12.7 Å². The first-order valence-electron chi connectivity index (χ1n) is 3.15. The van der Waals surface area contributed by atoms with Crippen molar-refractivity contribution in [3.63, 3.8) is 0 Å². The van der Waals surface area contributed by atoms with Crippen molar-refractivity contribution in [3.05, 3.63) is 0 Å². The predicted octanol–water partition coefficient (Wildman–Crippen LogP) is -0.707. The Kier molecular flexibility index (Phi) is 6.11. The summed E-state index contributed by atoms with van der Waals surface area (Å²) in [6.07, 6.45) is 0.159. The second-order valence-corrected chi connectivity index (χ2v) is 1.92. The Morgan fingerprint density at radius 3 is 2.70 bits per heavy atom. The Morgan fingerprint density at radius 1 is 1.50 bits per heavy atom. The summed E-state index contributed by atoms with van der Waals surface area (Å²) in [5, 5.41) is 17.2. The monoisotopic (exact) mass is 148 g/mol. The van der Waals surface area contributed by atoms with Crippen LogP contribution in [0.2, 0.25) is 0 Å². The molecule has 0 aliphatic heterocycles. The zero-order valence-corrected chi connectivity index (χ0v) is 5.69.